The van der Waals surface area contributed by atoms with Crippen LogP contribution in [-0.4, -0.2) is 6.29 Å². The second-order valence-corrected chi connectivity index (χ2v) is 3.72. The summed E-state index contributed by atoms with van der Waals surface area (Å²) in [5.41, 5.74) is 1.09. The van der Waals surface area contributed by atoms with Crippen LogP contribution in [0.1, 0.15) is 15.9 Å². The number of carbonyl (C=O) groups excluding carboxylic acids is 1. The highest BCUT2D eigenvalue weighted by Gasteiger charge is 2.03. The predicted octanol–water partition coefficient (Wildman–Crippen LogP) is 3.36. The second-order valence-electron chi connectivity index (χ2n) is 3.72. The summed E-state index contributed by atoms with van der Waals surface area (Å²) in [7, 11) is 0. The van der Waals surface area contributed by atoms with Crippen molar-refractivity contribution in [3.05, 3.63) is 65.2 Å². The summed E-state index contributed by atoms with van der Waals surface area (Å²) in [5, 5.41) is 0. The van der Waals surface area contributed by atoms with Crippen LogP contribution in [0.3, 0.4) is 0 Å². The van der Waals surface area contributed by atoms with E-state index in [2.05, 4.69) is 0 Å². The normalized spacial score (nSPS) is 10.1. The van der Waals surface area contributed by atoms with Crippen molar-refractivity contribution in [3.63, 3.8) is 0 Å². The van der Waals surface area contributed by atoms with Gasteiger partial charge in [-0.25, -0.2) is 8.78 Å². The van der Waals surface area contributed by atoms with Crippen LogP contribution >= 0.6 is 0 Å². The van der Waals surface area contributed by atoms with E-state index in [-0.39, 0.29) is 6.61 Å². The smallest absolute Gasteiger partial charge is 0.159 e. The van der Waals surface area contributed by atoms with E-state index >= 15 is 0 Å². The molecule has 2 aromatic rings. The van der Waals surface area contributed by atoms with Crippen molar-refractivity contribution in [1.82, 2.24) is 0 Å². The summed E-state index contributed by atoms with van der Waals surface area (Å²) in [6.45, 7) is 0.137. The number of benzene rings is 2. The van der Waals surface area contributed by atoms with E-state index in [1.165, 1.54) is 6.07 Å². The molecule has 2 aromatic carbocycles. The number of hydrogen-bond acceptors (Lipinski definition) is 2. The highest BCUT2D eigenvalue weighted by molar-refractivity contribution is 5.74. The molecular formula is C14H10F2O2. The maximum Gasteiger partial charge on any atom is 0.159 e. The molecule has 2 rings (SSSR count). The summed E-state index contributed by atoms with van der Waals surface area (Å²) in [6.07, 6.45) is 0.735. The first-order chi connectivity index (χ1) is 8.69. The minimum Gasteiger partial charge on any atom is -0.489 e. The third-order valence-electron chi connectivity index (χ3n) is 2.41. The van der Waals surface area contributed by atoms with E-state index in [4.69, 9.17) is 4.74 Å². The van der Waals surface area contributed by atoms with Crippen LogP contribution in [0, 0.1) is 11.6 Å². The first-order valence-corrected chi connectivity index (χ1v) is 5.31. The van der Waals surface area contributed by atoms with Gasteiger partial charge in [0.1, 0.15) is 18.6 Å². The fraction of sp³-hybridized carbons (Fsp3) is 0.0714. The summed E-state index contributed by atoms with van der Waals surface area (Å²) in [5.74, 6) is -1.22. The number of carbonyl (C=O) groups is 1. The molecule has 18 heavy (non-hydrogen) atoms. The molecule has 0 aliphatic heterocycles. The summed E-state index contributed by atoms with van der Waals surface area (Å²) < 4.78 is 31.0. The van der Waals surface area contributed by atoms with Crippen molar-refractivity contribution in [1.29, 1.82) is 0 Å². The van der Waals surface area contributed by atoms with E-state index in [1.807, 2.05) is 0 Å². The lowest BCUT2D eigenvalue weighted by atomic mass is 10.2. The van der Waals surface area contributed by atoms with Crippen LogP contribution in [0.2, 0.25) is 0 Å². The predicted molar refractivity (Wildman–Crippen MR) is 62.5 cm³/mol. The van der Waals surface area contributed by atoms with Crippen LogP contribution in [0.25, 0.3) is 0 Å². The Hall–Kier alpha value is -2.23. The Morgan fingerprint density at radius 2 is 1.72 bits per heavy atom. The maximum atomic E-state index is 12.9. The molecule has 0 heterocycles. The highest BCUT2D eigenvalue weighted by Crippen LogP contribution is 2.15. The van der Waals surface area contributed by atoms with Crippen molar-refractivity contribution in [3.8, 4) is 5.75 Å². The van der Waals surface area contributed by atoms with E-state index in [9.17, 15) is 13.6 Å². The van der Waals surface area contributed by atoms with Crippen LogP contribution < -0.4 is 4.74 Å². The number of aldehydes is 1. The van der Waals surface area contributed by atoms with Crippen LogP contribution in [0.15, 0.2) is 42.5 Å². The van der Waals surface area contributed by atoms with Crippen molar-refractivity contribution in [2.24, 2.45) is 0 Å². The molecule has 0 saturated heterocycles. The average molecular weight is 248 g/mol. The third-order valence-corrected chi connectivity index (χ3v) is 2.41. The van der Waals surface area contributed by atoms with E-state index < -0.39 is 11.6 Å². The van der Waals surface area contributed by atoms with Gasteiger partial charge in [-0.15, -0.1) is 0 Å². The van der Waals surface area contributed by atoms with Gasteiger partial charge >= 0.3 is 0 Å². The van der Waals surface area contributed by atoms with Crippen molar-refractivity contribution in [2.75, 3.05) is 0 Å². The van der Waals surface area contributed by atoms with Crippen LogP contribution in [-0.2, 0) is 6.61 Å². The third kappa shape index (κ3) is 2.91. The summed E-state index contributed by atoms with van der Waals surface area (Å²) in [6, 6.07) is 10.1. The van der Waals surface area contributed by atoms with Gasteiger partial charge in [0.05, 0.1) is 0 Å². The molecule has 0 atom stereocenters. The molecule has 0 bridgehead atoms. The second kappa shape index (κ2) is 5.40. The quantitative estimate of drug-likeness (QED) is 0.775. The van der Waals surface area contributed by atoms with Gasteiger partial charge in [0, 0.05) is 5.56 Å². The Kier molecular flexibility index (Phi) is 3.67. The first kappa shape index (κ1) is 12.2. The minimum atomic E-state index is -0.896. The lowest BCUT2D eigenvalue weighted by molar-refractivity contribution is 0.112. The molecule has 92 valence electrons. The lowest BCUT2D eigenvalue weighted by Crippen LogP contribution is -1.97. The molecule has 0 unspecified atom stereocenters. The topological polar surface area (TPSA) is 26.3 Å². The van der Waals surface area contributed by atoms with Crippen LogP contribution in [0.5, 0.6) is 5.75 Å². The number of ether oxygens (including phenoxy) is 1. The molecule has 4 heteroatoms. The monoisotopic (exact) mass is 248 g/mol. The summed E-state index contributed by atoms with van der Waals surface area (Å²) in [4.78, 5) is 10.4. The summed E-state index contributed by atoms with van der Waals surface area (Å²) >= 11 is 0. The Balaban J connectivity index is 2.01. The van der Waals surface area contributed by atoms with Gasteiger partial charge in [-0.2, -0.15) is 0 Å². The molecule has 0 aliphatic rings. The largest absolute Gasteiger partial charge is 0.489 e. The van der Waals surface area contributed by atoms with E-state index in [0.29, 0.717) is 16.9 Å². The molecule has 0 saturated carbocycles. The molecule has 0 spiro atoms. The van der Waals surface area contributed by atoms with Gasteiger partial charge in [0.2, 0.25) is 0 Å². The van der Waals surface area contributed by atoms with Crippen molar-refractivity contribution in [2.45, 2.75) is 6.61 Å². The molecule has 0 fully saturated rings. The Labute approximate surface area is 103 Å². The zero-order chi connectivity index (χ0) is 13.0. The highest BCUT2D eigenvalue weighted by atomic mass is 19.2. The Morgan fingerprint density at radius 3 is 2.33 bits per heavy atom. The molecular weight excluding hydrogens is 238 g/mol. The van der Waals surface area contributed by atoms with Gasteiger partial charge < -0.3 is 4.74 Å². The Bertz CT molecular complexity index is 550. The van der Waals surface area contributed by atoms with Gasteiger partial charge in [0.25, 0.3) is 0 Å². The van der Waals surface area contributed by atoms with Gasteiger partial charge in [-0.1, -0.05) is 6.07 Å². The molecule has 0 amide bonds. The van der Waals surface area contributed by atoms with Gasteiger partial charge in [-0.05, 0) is 42.0 Å². The molecule has 0 aromatic heterocycles. The Morgan fingerprint density at radius 1 is 1.00 bits per heavy atom. The van der Waals surface area contributed by atoms with E-state index in [0.717, 1.165) is 18.4 Å². The molecule has 0 aliphatic carbocycles. The fourth-order valence-corrected chi connectivity index (χ4v) is 1.44. The average Bonchev–Trinajstić information content (AvgIpc) is 2.41. The standard InChI is InChI=1S/C14H10F2O2/c15-13-6-3-11(7-14(13)16)9-18-12-4-1-10(8-17)2-5-12/h1-8H,9H2. The minimum absolute atomic E-state index is 0.137. The van der Waals surface area contributed by atoms with Crippen molar-refractivity contribution < 1.29 is 18.3 Å². The lowest BCUT2D eigenvalue weighted by Gasteiger charge is -2.06. The van der Waals surface area contributed by atoms with Gasteiger partial charge in [0.15, 0.2) is 11.6 Å². The molecule has 0 N–H and O–H groups in total. The fourth-order valence-electron chi connectivity index (χ4n) is 1.44. The SMILES string of the molecule is O=Cc1ccc(OCc2ccc(F)c(F)c2)cc1. The van der Waals surface area contributed by atoms with E-state index in [1.54, 1.807) is 24.3 Å². The molecule has 2 nitrogen and oxygen atoms in total. The molecule has 0 radical (unpaired) electrons. The van der Waals surface area contributed by atoms with Crippen molar-refractivity contribution >= 4 is 6.29 Å². The number of hydrogen-bond donors (Lipinski definition) is 0. The van der Waals surface area contributed by atoms with Crippen LogP contribution in [0.4, 0.5) is 8.78 Å². The zero-order valence-corrected chi connectivity index (χ0v) is 9.40. The maximum absolute atomic E-state index is 12.9. The number of halogens is 2. The van der Waals surface area contributed by atoms with Gasteiger partial charge in [-0.3, -0.25) is 4.79 Å². The first-order valence-electron chi connectivity index (χ1n) is 5.31. The number of rotatable bonds is 4. The zero-order valence-electron chi connectivity index (χ0n) is 9.40.